The van der Waals surface area contributed by atoms with Gasteiger partial charge in [0.2, 0.25) is 0 Å². The molecule has 0 spiro atoms. The first kappa shape index (κ1) is 33.0. The lowest BCUT2D eigenvalue weighted by molar-refractivity contribution is 0.672. The van der Waals surface area contributed by atoms with E-state index in [1.165, 1.54) is 0 Å². The Morgan fingerprint density at radius 1 is 0.268 bits per heavy atom. The van der Waals surface area contributed by atoms with Gasteiger partial charge >= 0.3 is 0 Å². The summed E-state index contributed by atoms with van der Waals surface area (Å²) in [7, 11) is 0. The number of para-hydroxylation sites is 4. The molecule has 0 fully saturated rings. The number of nitrogens with zero attached hydrogens (tertiary/aromatic N) is 3. The van der Waals surface area contributed by atoms with Crippen molar-refractivity contribution in [2.75, 3.05) is 14.7 Å². The number of hydrogen-bond acceptors (Lipinski definition) is 4. The van der Waals surface area contributed by atoms with Crippen LogP contribution in [0.1, 0.15) is 0 Å². The molecule has 10 rings (SSSR count). The van der Waals surface area contributed by atoms with Crippen molar-refractivity contribution in [3.05, 3.63) is 224 Å². The first-order valence-electron chi connectivity index (χ1n) is 18.9. The lowest BCUT2D eigenvalue weighted by atomic mass is 10.0. The molecule has 0 radical (unpaired) electrons. The summed E-state index contributed by atoms with van der Waals surface area (Å²) in [6.45, 7) is 0. The lowest BCUT2D eigenvalue weighted by Crippen LogP contribution is -2.13. The van der Waals surface area contributed by atoms with Crippen molar-refractivity contribution in [3.8, 4) is 0 Å². The molecule has 0 unspecified atom stereocenters. The van der Waals surface area contributed by atoms with E-state index in [1.807, 2.05) is 0 Å². The maximum absolute atomic E-state index is 6.69. The van der Waals surface area contributed by atoms with Crippen molar-refractivity contribution in [3.63, 3.8) is 0 Å². The third kappa shape index (κ3) is 6.00. The third-order valence-electron chi connectivity index (χ3n) is 10.4. The zero-order valence-corrected chi connectivity index (χ0v) is 30.6. The summed E-state index contributed by atoms with van der Waals surface area (Å²) >= 11 is 0. The van der Waals surface area contributed by atoms with Gasteiger partial charge in [-0.15, -0.1) is 0 Å². The van der Waals surface area contributed by atoms with Crippen LogP contribution in [0, 0.1) is 0 Å². The van der Waals surface area contributed by atoms with E-state index in [0.29, 0.717) is 0 Å². The number of benzene rings is 9. The van der Waals surface area contributed by atoms with E-state index in [0.717, 1.165) is 83.9 Å². The molecule has 9 aromatic carbocycles. The Balaban J connectivity index is 1.14. The summed E-state index contributed by atoms with van der Waals surface area (Å²) in [5.74, 6) is 0. The summed E-state index contributed by atoms with van der Waals surface area (Å²) in [6.07, 6.45) is 0. The zero-order chi connectivity index (χ0) is 37.3. The predicted molar refractivity (Wildman–Crippen MR) is 235 cm³/mol. The highest BCUT2D eigenvalue weighted by atomic mass is 16.3. The molecule has 0 bridgehead atoms. The molecule has 56 heavy (non-hydrogen) atoms. The van der Waals surface area contributed by atoms with Crippen LogP contribution < -0.4 is 14.7 Å². The monoisotopic (exact) mass is 719 g/mol. The predicted octanol–water partition coefficient (Wildman–Crippen LogP) is 15.1. The topological polar surface area (TPSA) is 22.9 Å². The van der Waals surface area contributed by atoms with Crippen molar-refractivity contribution in [2.45, 2.75) is 0 Å². The van der Waals surface area contributed by atoms with Crippen LogP contribution >= 0.6 is 0 Å². The Kier molecular flexibility index (Phi) is 8.47. The average molecular weight is 720 g/mol. The molecule has 0 atom stereocenters. The minimum absolute atomic E-state index is 0.853. The van der Waals surface area contributed by atoms with Gasteiger partial charge in [-0.25, -0.2) is 0 Å². The Bertz CT molecular complexity index is 2690. The van der Waals surface area contributed by atoms with Crippen LogP contribution in [0.5, 0.6) is 0 Å². The van der Waals surface area contributed by atoms with Gasteiger partial charge in [-0.2, -0.15) is 0 Å². The number of rotatable bonds is 9. The first-order valence-corrected chi connectivity index (χ1v) is 18.9. The molecular weight excluding hydrogens is 683 g/mol. The van der Waals surface area contributed by atoms with Crippen LogP contribution in [0.25, 0.3) is 32.7 Å². The van der Waals surface area contributed by atoms with Gasteiger partial charge in [0.25, 0.3) is 0 Å². The van der Waals surface area contributed by atoms with Gasteiger partial charge in [-0.3, -0.25) is 0 Å². The summed E-state index contributed by atoms with van der Waals surface area (Å²) in [4.78, 5) is 6.94. The number of anilines is 9. The van der Waals surface area contributed by atoms with E-state index >= 15 is 0 Å². The van der Waals surface area contributed by atoms with Crippen LogP contribution in [0.3, 0.4) is 0 Å². The summed E-state index contributed by atoms with van der Waals surface area (Å²) in [6, 6.07) is 79.0. The standard InChI is InChI=1S/C52H37N3O/c1-5-17-39(18-6-1)53(40-19-7-2-8-20-40)43-29-33-45(34-30-43)55(49-26-15-27-50-51(49)48-37-28-38-16-13-14-25-47(38)52(48)56-50)46-35-31-44(32-36-46)54(41-21-9-3-10-22-41)42-23-11-4-12-24-42/h1-37H. The first-order chi connectivity index (χ1) is 27.8. The van der Waals surface area contributed by atoms with Crippen LogP contribution in [0.4, 0.5) is 51.2 Å². The Hall–Kier alpha value is -7.56. The van der Waals surface area contributed by atoms with Gasteiger partial charge < -0.3 is 19.1 Å². The van der Waals surface area contributed by atoms with Gasteiger partial charge in [-0.05, 0) is 121 Å². The molecule has 10 aromatic rings. The quantitative estimate of drug-likeness (QED) is 0.148. The Labute approximate surface area is 326 Å². The van der Waals surface area contributed by atoms with Crippen LogP contribution in [0.15, 0.2) is 229 Å². The normalized spacial score (nSPS) is 11.2. The summed E-state index contributed by atoms with van der Waals surface area (Å²) in [5.41, 5.74) is 11.4. The molecule has 4 heteroatoms. The van der Waals surface area contributed by atoms with E-state index in [1.54, 1.807) is 0 Å². The fraction of sp³-hybridized carbons (Fsp3) is 0. The highest BCUT2D eigenvalue weighted by Gasteiger charge is 2.22. The van der Waals surface area contributed by atoms with Crippen molar-refractivity contribution >= 4 is 83.9 Å². The van der Waals surface area contributed by atoms with Gasteiger partial charge in [0, 0.05) is 56.3 Å². The molecule has 0 aliphatic heterocycles. The molecule has 4 nitrogen and oxygen atoms in total. The number of fused-ring (bicyclic) bond motifs is 5. The second-order valence-corrected chi connectivity index (χ2v) is 13.8. The third-order valence-corrected chi connectivity index (χ3v) is 10.4. The van der Waals surface area contributed by atoms with E-state index in [4.69, 9.17) is 4.42 Å². The fourth-order valence-electron chi connectivity index (χ4n) is 7.85. The average Bonchev–Trinajstić information content (AvgIpc) is 3.67. The van der Waals surface area contributed by atoms with E-state index in [-0.39, 0.29) is 0 Å². The second-order valence-electron chi connectivity index (χ2n) is 13.8. The van der Waals surface area contributed by atoms with E-state index in [9.17, 15) is 0 Å². The SMILES string of the molecule is c1ccc(N(c2ccccc2)c2ccc(N(c3ccc(N(c4ccccc4)c4ccccc4)cc3)c3cccc4oc5c6ccccc6ccc5c34)cc2)cc1. The highest BCUT2D eigenvalue weighted by molar-refractivity contribution is 6.19. The van der Waals surface area contributed by atoms with Crippen molar-refractivity contribution in [2.24, 2.45) is 0 Å². The number of hydrogen-bond donors (Lipinski definition) is 0. The molecule has 0 saturated heterocycles. The van der Waals surface area contributed by atoms with Crippen LogP contribution in [-0.2, 0) is 0 Å². The largest absolute Gasteiger partial charge is 0.455 e. The van der Waals surface area contributed by atoms with Gasteiger partial charge in [0.05, 0.1) is 11.1 Å². The van der Waals surface area contributed by atoms with E-state index < -0.39 is 0 Å². The minimum Gasteiger partial charge on any atom is -0.455 e. The molecule has 0 aliphatic carbocycles. The lowest BCUT2D eigenvalue weighted by Gasteiger charge is -2.29. The van der Waals surface area contributed by atoms with Gasteiger partial charge in [0.1, 0.15) is 11.2 Å². The van der Waals surface area contributed by atoms with Gasteiger partial charge in [0.15, 0.2) is 0 Å². The highest BCUT2D eigenvalue weighted by Crippen LogP contribution is 2.46. The smallest absolute Gasteiger partial charge is 0.143 e. The maximum atomic E-state index is 6.69. The molecule has 0 aliphatic rings. The summed E-state index contributed by atoms with van der Waals surface area (Å²) < 4.78 is 6.69. The molecule has 266 valence electrons. The Morgan fingerprint density at radius 2 is 0.661 bits per heavy atom. The fourth-order valence-corrected chi connectivity index (χ4v) is 7.85. The summed E-state index contributed by atoms with van der Waals surface area (Å²) in [5, 5.41) is 4.43. The number of furan rings is 1. The van der Waals surface area contributed by atoms with E-state index in [2.05, 4.69) is 239 Å². The van der Waals surface area contributed by atoms with Crippen LogP contribution in [-0.4, -0.2) is 0 Å². The minimum atomic E-state index is 0.853. The van der Waals surface area contributed by atoms with Crippen molar-refractivity contribution in [1.82, 2.24) is 0 Å². The Morgan fingerprint density at radius 3 is 1.12 bits per heavy atom. The second kappa shape index (κ2) is 14.3. The molecule has 0 saturated carbocycles. The molecule has 1 aromatic heterocycles. The van der Waals surface area contributed by atoms with Crippen molar-refractivity contribution in [1.29, 1.82) is 0 Å². The van der Waals surface area contributed by atoms with Crippen molar-refractivity contribution < 1.29 is 4.42 Å². The zero-order valence-electron chi connectivity index (χ0n) is 30.6. The van der Waals surface area contributed by atoms with Crippen LogP contribution in [0.2, 0.25) is 0 Å². The molecule has 0 amide bonds. The molecule has 1 heterocycles. The molecule has 0 N–H and O–H groups in total. The maximum Gasteiger partial charge on any atom is 0.143 e. The van der Waals surface area contributed by atoms with Gasteiger partial charge in [-0.1, -0.05) is 109 Å². The molecular formula is C52H37N3O.